The number of carbonyl (C=O) groups excluding carboxylic acids is 1. The van der Waals surface area contributed by atoms with Gasteiger partial charge in [-0.1, -0.05) is 44.2 Å². The molecule has 0 saturated carbocycles. The van der Waals surface area contributed by atoms with Gasteiger partial charge in [0, 0.05) is 31.9 Å². The van der Waals surface area contributed by atoms with E-state index >= 15 is 0 Å². The summed E-state index contributed by atoms with van der Waals surface area (Å²) >= 11 is 0. The molecule has 7 heteroatoms. The Hall–Kier alpha value is -2.54. The van der Waals surface area contributed by atoms with Crippen LogP contribution in [-0.4, -0.2) is 30.6 Å². The van der Waals surface area contributed by atoms with E-state index in [4.69, 9.17) is 0 Å². The predicted octanol–water partition coefficient (Wildman–Crippen LogP) is 5.38. The lowest BCUT2D eigenvalue weighted by Gasteiger charge is -2.24. The van der Waals surface area contributed by atoms with Crippen LogP contribution in [0.1, 0.15) is 31.4 Å². The van der Waals surface area contributed by atoms with Crippen LogP contribution in [0.5, 0.6) is 0 Å². The van der Waals surface area contributed by atoms with Crippen LogP contribution in [0.25, 0.3) is 0 Å². The first-order valence-electron chi connectivity index (χ1n) is 9.72. The molecule has 0 aliphatic heterocycles. The largest absolute Gasteiger partial charge is 0.416 e. The highest BCUT2D eigenvalue weighted by atomic mass is 19.4. The summed E-state index contributed by atoms with van der Waals surface area (Å²) < 4.78 is 37.7. The Labute approximate surface area is 170 Å². The minimum absolute atomic E-state index is 0.320. The summed E-state index contributed by atoms with van der Waals surface area (Å²) in [5.74, 6) is 0.537. The molecule has 0 atom stereocenters. The van der Waals surface area contributed by atoms with Gasteiger partial charge >= 0.3 is 12.2 Å². The van der Waals surface area contributed by atoms with Crippen molar-refractivity contribution in [2.24, 2.45) is 5.92 Å². The predicted molar refractivity (Wildman–Crippen MR) is 110 cm³/mol. The highest BCUT2D eigenvalue weighted by Crippen LogP contribution is 2.29. The molecular formula is C22H28F3N3O. The van der Waals surface area contributed by atoms with Crippen molar-refractivity contribution in [3.05, 3.63) is 65.7 Å². The molecule has 0 radical (unpaired) electrons. The molecule has 0 aliphatic rings. The zero-order valence-corrected chi connectivity index (χ0v) is 16.8. The third-order valence-corrected chi connectivity index (χ3v) is 4.28. The number of nitrogens with zero attached hydrogens (tertiary/aromatic N) is 1. The number of rotatable bonds is 9. The first-order valence-corrected chi connectivity index (χ1v) is 9.72. The van der Waals surface area contributed by atoms with Gasteiger partial charge in [-0.2, -0.15) is 13.2 Å². The highest BCUT2D eigenvalue weighted by molar-refractivity contribution is 5.89. The molecule has 2 aromatic rings. The van der Waals surface area contributed by atoms with Crippen LogP contribution in [0.4, 0.5) is 23.7 Å². The Kier molecular flexibility index (Phi) is 8.51. The van der Waals surface area contributed by atoms with Gasteiger partial charge in [0.2, 0.25) is 0 Å². The van der Waals surface area contributed by atoms with Crippen LogP contribution in [0.15, 0.2) is 54.6 Å². The number of urea groups is 1. The summed E-state index contributed by atoms with van der Waals surface area (Å²) in [6, 6.07) is 14.2. The van der Waals surface area contributed by atoms with Crippen LogP contribution in [-0.2, 0) is 12.7 Å². The number of amides is 2. The lowest BCUT2D eigenvalue weighted by molar-refractivity contribution is -0.137. The average molecular weight is 407 g/mol. The van der Waals surface area contributed by atoms with E-state index in [1.54, 1.807) is 0 Å². The molecule has 158 valence electrons. The van der Waals surface area contributed by atoms with Gasteiger partial charge in [0.25, 0.3) is 0 Å². The molecular weight excluding hydrogens is 379 g/mol. The minimum atomic E-state index is -4.39. The summed E-state index contributed by atoms with van der Waals surface area (Å²) in [5, 5.41) is 5.30. The number of benzene rings is 2. The number of hydrogen-bond acceptors (Lipinski definition) is 2. The fourth-order valence-electron chi connectivity index (χ4n) is 3.02. The van der Waals surface area contributed by atoms with Gasteiger partial charge in [0.1, 0.15) is 0 Å². The summed E-state index contributed by atoms with van der Waals surface area (Å²) in [4.78, 5) is 14.3. The van der Waals surface area contributed by atoms with E-state index in [0.717, 1.165) is 38.2 Å². The first kappa shape index (κ1) is 22.7. The quantitative estimate of drug-likeness (QED) is 0.549. The zero-order chi connectivity index (χ0) is 21.3. The van der Waals surface area contributed by atoms with Crippen LogP contribution >= 0.6 is 0 Å². The monoisotopic (exact) mass is 407 g/mol. The lowest BCUT2D eigenvalue weighted by atomic mass is 10.1. The van der Waals surface area contributed by atoms with E-state index in [0.29, 0.717) is 18.2 Å². The van der Waals surface area contributed by atoms with Gasteiger partial charge in [0.05, 0.1) is 5.56 Å². The molecule has 2 rings (SSSR count). The van der Waals surface area contributed by atoms with E-state index < -0.39 is 17.8 Å². The fourth-order valence-corrected chi connectivity index (χ4v) is 3.02. The Morgan fingerprint density at radius 1 is 1.03 bits per heavy atom. The molecule has 29 heavy (non-hydrogen) atoms. The first-order chi connectivity index (χ1) is 13.7. The molecule has 0 spiro atoms. The minimum Gasteiger partial charge on any atom is -0.338 e. The van der Waals surface area contributed by atoms with Gasteiger partial charge in [-0.15, -0.1) is 0 Å². The van der Waals surface area contributed by atoms with Crippen molar-refractivity contribution in [3.8, 4) is 0 Å². The van der Waals surface area contributed by atoms with Crippen molar-refractivity contribution in [3.63, 3.8) is 0 Å². The van der Waals surface area contributed by atoms with Crippen molar-refractivity contribution >= 4 is 11.7 Å². The average Bonchev–Trinajstić information content (AvgIpc) is 2.65. The second-order valence-corrected chi connectivity index (χ2v) is 7.42. The van der Waals surface area contributed by atoms with E-state index in [1.165, 1.54) is 17.7 Å². The number of halogens is 3. The number of alkyl halides is 3. The number of nitrogens with one attached hydrogen (secondary N) is 2. The summed E-state index contributed by atoms with van der Waals surface area (Å²) in [7, 11) is 0. The normalized spacial score (nSPS) is 11.7. The molecule has 0 saturated heterocycles. The third-order valence-electron chi connectivity index (χ3n) is 4.28. The molecule has 2 N–H and O–H groups in total. The van der Waals surface area contributed by atoms with E-state index in [9.17, 15) is 18.0 Å². The Morgan fingerprint density at radius 3 is 2.28 bits per heavy atom. The lowest BCUT2D eigenvalue weighted by Crippen LogP contribution is -2.33. The molecule has 0 aromatic heterocycles. The molecule has 2 amide bonds. The van der Waals surface area contributed by atoms with Crippen LogP contribution in [0.3, 0.4) is 0 Å². The molecule has 0 unspecified atom stereocenters. The van der Waals surface area contributed by atoms with Crippen molar-refractivity contribution in [2.45, 2.75) is 33.0 Å². The Bertz CT molecular complexity index is 746. The van der Waals surface area contributed by atoms with E-state index in [-0.39, 0.29) is 0 Å². The van der Waals surface area contributed by atoms with Crippen LogP contribution in [0, 0.1) is 5.92 Å². The smallest absolute Gasteiger partial charge is 0.338 e. The Balaban J connectivity index is 1.75. The molecule has 0 aliphatic carbocycles. The standard InChI is InChI=1S/C22H28F3N3O/c1-17(2)15-28(16-18-7-4-3-5-8-18)14-6-13-26-21(29)27-20-11-9-19(10-12-20)22(23,24)25/h3-5,7-12,17H,6,13-16H2,1-2H3,(H2,26,27,29). The third kappa shape index (κ3) is 8.56. The van der Waals surface area contributed by atoms with Gasteiger partial charge in [-0.05, 0) is 42.2 Å². The van der Waals surface area contributed by atoms with Gasteiger partial charge < -0.3 is 10.6 Å². The topological polar surface area (TPSA) is 44.4 Å². The second-order valence-electron chi connectivity index (χ2n) is 7.42. The molecule has 0 bridgehead atoms. The zero-order valence-electron chi connectivity index (χ0n) is 16.8. The maximum absolute atomic E-state index is 12.6. The fraction of sp³-hybridized carbons (Fsp3) is 0.409. The van der Waals surface area contributed by atoms with Crippen molar-refractivity contribution in [2.75, 3.05) is 25.0 Å². The van der Waals surface area contributed by atoms with Gasteiger partial charge in [-0.25, -0.2) is 4.79 Å². The van der Waals surface area contributed by atoms with Crippen molar-refractivity contribution < 1.29 is 18.0 Å². The highest BCUT2D eigenvalue weighted by Gasteiger charge is 2.29. The summed E-state index contributed by atoms with van der Waals surface area (Å²) in [5.41, 5.74) is 0.828. The number of anilines is 1. The van der Waals surface area contributed by atoms with E-state index in [1.807, 2.05) is 18.2 Å². The van der Waals surface area contributed by atoms with Gasteiger partial charge in [0.15, 0.2) is 0 Å². The maximum Gasteiger partial charge on any atom is 0.416 e. The number of carbonyl (C=O) groups is 1. The van der Waals surface area contributed by atoms with Crippen molar-refractivity contribution in [1.29, 1.82) is 0 Å². The maximum atomic E-state index is 12.6. The SMILES string of the molecule is CC(C)CN(CCCNC(=O)Nc1ccc(C(F)(F)F)cc1)Cc1ccccc1. The van der Waals surface area contributed by atoms with Crippen molar-refractivity contribution in [1.82, 2.24) is 10.2 Å². The molecule has 4 nitrogen and oxygen atoms in total. The number of hydrogen-bond donors (Lipinski definition) is 2. The molecule has 0 fully saturated rings. The second kappa shape index (κ2) is 10.9. The van der Waals surface area contributed by atoms with E-state index in [2.05, 4.69) is 41.5 Å². The molecule has 0 heterocycles. The van der Waals surface area contributed by atoms with Gasteiger partial charge in [-0.3, -0.25) is 4.90 Å². The molecule has 2 aromatic carbocycles. The Morgan fingerprint density at radius 2 is 1.69 bits per heavy atom. The summed E-state index contributed by atoms with van der Waals surface area (Å²) in [6.45, 7) is 7.49. The summed E-state index contributed by atoms with van der Waals surface area (Å²) in [6.07, 6.45) is -3.61. The van der Waals surface area contributed by atoms with Crippen LogP contribution < -0.4 is 10.6 Å². The van der Waals surface area contributed by atoms with Crippen LogP contribution in [0.2, 0.25) is 0 Å².